The number of fused-ring (bicyclic) bond motifs is 3. The number of ether oxygens (including phenoxy) is 3. The number of phenolic OH excluding ortho intramolecular Hbond substituents is 1. The summed E-state index contributed by atoms with van der Waals surface area (Å²) in [5.74, 6) is -7.52. The van der Waals surface area contributed by atoms with Gasteiger partial charge in [0.2, 0.25) is 11.7 Å². The molecule has 0 aliphatic heterocycles. The van der Waals surface area contributed by atoms with Crippen LogP contribution in [-0.2, 0) is 25.7 Å². The number of carbonyl (C=O) groups is 4. The molecule has 8 N–H and O–H groups in total. The van der Waals surface area contributed by atoms with E-state index in [2.05, 4.69) is 41.7 Å². The quantitative estimate of drug-likeness (QED) is 0.0415. The molecule has 0 spiro atoms. The van der Waals surface area contributed by atoms with Crippen molar-refractivity contribution in [2.75, 3.05) is 41.6 Å². The van der Waals surface area contributed by atoms with E-state index in [1.807, 2.05) is 36.4 Å². The predicted octanol–water partition coefficient (Wildman–Crippen LogP) is 4.47. The second-order valence-corrected chi connectivity index (χ2v) is 21.6. The molecule has 0 saturated heterocycles. The first-order valence-electron chi connectivity index (χ1n) is 22.7. The maximum Gasteiger partial charge on any atom is 0.255 e. The second-order valence-electron chi connectivity index (χ2n) is 18.0. The molecule has 4 aromatic rings. The number of nitrogens with two attached hydrogens (primary N) is 1. The van der Waals surface area contributed by atoms with Crippen LogP contribution in [0.25, 0.3) is 5.76 Å². The number of aliphatic hydroxyl groups excluding tert-OH is 3. The number of nitrogens with one attached hydrogen (secondary N) is 1. The van der Waals surface area contributed by atoms with Crippen LogP contribution in [0.2, 0.25) is 0 Å². The molecule has 1 fully saturated rings. The Morgan fingerprint density at radius 3 is 1.75 bits per heavy atom. The molecule has 0 radical (unpaired) electrons. The van der Waals surface area contributed by atoms with E-state index < -0.39 is 88.7 Å². The van der Waals surface area contributed by atoms with E-state index >= 15 is 0 Å². The van der Waals surface area contributed by atoms with Crippen LogP contribution in [0.1, 0.15) is 68.1 Å². The standard InChI is InChI=1S/C52H60N3O12P/c1-29-37-26-13-30(45(57)40(37)46(58)41-39(29)47(59)43-44(55(2)3)48(60)42(51(53)63)50(62)52(43,64)49(41)61)28-54-38(56)12-10-8-7-9-11-27-68(34-20-14-31(65-4)15-21-34,35-22-16-32(66-5)17-23-35)36-24-18-33(67-6)19-25-36/h13-26,29,39,43-44,47,59,64H,7-12,27-28H2,1-6H3,(H5-,53,54,56,57,58,60,61,62,63)/p+1/t29-,39+,43+,44-,47-,52-/m0/s1. The van der Waals surface area contributed by atoms with Crippen molar-refractivity contribution in [2.45, 2.75) is 75.7 Å². The zero-order valence-electron chi connectivity index (χ0n) is 39.2. The van der Waals surface area contributed by atoms with Crippen LogP contribution in [0.4, 0.5) is 0 Å². The van der Waals surface area contributed by atoms with E-state index in [1.54, 1.807) is 40.4 Å². The van der Waals surface area contributed by atoms with E-state index in [9.17, 15) is 44.7 Å². The number of methoxy groups -OCH3 is 3. The van der Waals surface area contributed by atoms with Gasteiger partial charge in [0.1, 0.15) is 63.3 Å². The number of rotatable bonds is 18. The number of hydrogen-bond acceptors (Lipinski definition) is 13. The van der Waals surface area contributed by atoms with Crippen molar-refractivity contribution in [2.24, 2.45) is 17.6 Å². The predicted molar refractivity (Wildman–Crippen MR) is 260 cm³/mol. The van der Waals surface area contributed by atoms with Crippen LogP contribution in [0.5, 0.6) is 23.0 Å². The van der Waals surface area contributed by atoms with Crippen LogP contribution >= 0.6 is 7.26 Å². The van der Waals surface area contributed by atoms with Gasteiger partial charge >= 0.3 is 0 Å². The molecule has 3 aliphatic rings. The highest BCUT2D eigenvalue weighted by Crippen LogP contribution is 2.58. The Bertz CT molecular complexity index is 2510. The lowest BCUT2D eigenvalue weighted by atomic mass is 9.54. The molecule has 68 heavy (non-hydrogen) atoms. The van der Waals surface area contributed by atoms with Gasteiger partial charge in [-0.15, -0.1) is 0 Å². The Hall–Kier alpha value is -6.25. The number of amides is 2. The Kier molecular flexibility index (Phi) is 14.7. The number of Topliss-reactive ketones (excluding diaryl/α,β-unsaturated/α-hetero) is 2. The van der Waals surface area contributed by atoms with Gasteiger partial charge in [0.25, 0.3) is 5.91 Å². The summed E-state index contributed by atoms with van der Waals surface area (Å²) in [6, 6.07) is 26.8. The van der Waals surface area contributed by atoms with Crippen LogP contribution < -0.4 is 41.2 Å². The molecule has 1 saturated carbocycles. The minimum Gasteiger partial charge on any atom is -0.508 e. The highest BCUT2D eigenvalue weighted by molar-refractivity contribution is 7.95. The first kappa shape index (κ1) is 49.6. The Labute approximate surface area is 396 Å². The lowest BCUT2D eigenvalue weighted by molar-refractivity contribution is -0.169. The number of phenols is 1. The lowest BCUT2D eigenvalue weighted by Crippen LogP contribution is -2.70. The van der Waals surface area contributed by atoms with E-state index in [-0.39, 0.29) is 30.0 Å². The first-order chi connectivity index (χ1) is 32.5. The van der Waals surface area contributed by atoms with Gasteiger partial charge in [-0.05, 0) is 118 Å². The largest absolute Gasteiger partial charge is 0.508 e. The van der Waals surface area contributed by atoms with Gasteiger partial charge < -0.3 is 50.8 Å². The first-order valence-corrected chi connectivity index (χ1v) is 24.7. The van der Waals surface area contributed by atoms with Crippen molar-refractivity contribution in [3.05, 3.63) is 119 Å². The normalized spacial score (nSPS) is 22.3. The topological polar surface area (TPSA) is 238 Å². The minimum absolute atomic E-state index is 0.104. The van der Waals surface area contributed by atoms with Gasteiger partial charge in [-0.1, -0.05) is 31.9 Å². The summed E-state index contributed by atoms with van der Waals surface area (Å²) in [4.78, 5) is 54.6. The van der Waals surface area contributed by atoms with E-state index in [0.717, 1.165) is 49.1 Å². The number of unbranched alkanes of at least 4 members (excludes halogenated alkanes) is 4. The number of ketones is 2. The summed E-state index contributed by atoms with van der Waals surface area (Å²) in [5, 5.41) is 64.9. The fourth-order valence-corrected chi connectivity index (χ4v) is 14.9. The third-order valence-corrected chi connectivity index (χ3v) is 18.7. The molecular formula is C52H61N3O12P+. The highest BCUT2D eigenvalue weighted by atomic mass is 31.2. The van der Waals surface area contributed by atoms with Crippen molar-refractivity contribution in [3.63, 3.8) is 0 Å². The molecular weight excluding hydrogens is 890 g/mol. The second kappa shape index (κ2) is 20.1. The number of likely N-dealkylation sites (N-methyl/N-ethyl adjacent to an activating group) is 1. The molecule has 7 rings (SSSR count). The zero-order valence-corrected chi connectivity index (χ0v) is 40.1. The van der Waals surface area contributed by atoms with Gasteiger partial charge in [0, 0.05) is 30.0 Å². The summed E-state index contributed by atoms with van der Waals surface area (Å²) in [7, 11) is 5.72. The average Bonchev–Trinajstić information content (AvgIpc) is 3.33. The number of hydrogen-bond donors (Lipinski definition) is 7. The molecule has 4 aromatic carbocycles. The monoisotopic (exact) mass is 950 g/mol. The van der Waals surface area contributed by atoms with Crippen molar-refractivity contribution < 1.29 is 58.9 Å². The van der Waals surface area contributed by atoms with Gasteiger partial charge in [-0.25, -0.2) is 0 Å². The average molecular weight is 951 g/mol. The van der Waals surface area contributed by atoms with Crippen molar-refractivity contribution in [3.8, 4) is 23.0 Å². The minimum atomic E-state index is -3.01. The third-order valence-electron chi connectivity index (χ3n) is 14.1. The molecule has 2 amide bonds. The maximum atomic E-state index is 14.4. The number of nitrogens with zero attached hydrogens (tertiary/aromatic N) is 1. The zero-order chi connectivity index (χ0) is 49.2. The van der Waals surface area contributed by atoms with Crippen LogP contribution in [0, 0.1) is 11.8 Å². The van der Waals surface area contributed by atoms with Gasteiger partial charge in [0.15, 0.2) is 11.4 Å². The SMILES string of the molecule is COc1ccc([P+](CCCCCCCC(=O)NCc2ccc3c(c2O)C(O)=C2C(=O)[C@]4(O)C(O)=C(C(N)=O)C(=O)[C@@H](N(C)C)[C@@H]4[C@@H](O)[C@@H]2[C@H]3C)(c2ccc(OC)cc2)c2ccc(OC)cc2)cc1. The number of benzene rings is 4. The van der Waals surface area contributed by atoms with E-state index in [1.165, 1.54) is 34.9 Å². The summed E-state index contributed by atoms with van der Waals surface area (Å²) in [5.41, 5.74) is 1.43. The smallest absolute Gasteiger partial charge is 0.255 e. The molecule has 0 unspecified atom stereocenters. The number of aromatic hydroxyl groups is 1. The molecule has 0 heterocycles. The molecule has 6 atom stereocenters. The number of primary amides is 1. The number of carbonyl (C=O) groups excluding carboxylic acids is 4. The molecule has 16 heteroatoms. The van der Waals surface area contributed by atoms with Gasteiger partial charge in [0.05, 0.1) is 51.1 Å². The molecule has 0 bridgehead atoms. The Balaban J connectivity index is 1.01. The summed E-state index contributed by atoms with van der Waals surface area (Å²) in [6.45, 7) is 1.56. The van der Waals surface area contributed by atoms with E-state index in [4.69, 9.17) is 19.9 Å². The number of aliphatic hydroxyl groups is 4. The fourth-order valence-electron chi connectivity index (χ4n) is 10.6. The van der Waals surface area contributed by atoms with Gasteiger partial charge in [-0.3, -0.25) is 24.1 Å². The van der Waals surface area contributed by atoms with Crippen molar-refractivity contribution in [1.82, 2.24) is 10.2 Å². The Morgan fingerprint density at radius 1 is 0.765 bits per heavy atom. The molecule has 15 nitrogen and oxygen atoms in total. The highest BCUT2D eigenvalue weighted by Gasteiger charge is 2.68. The van der Waals surface area contributed by atoms with Gasteiger partial charge in [-0.2, -0.15) is 0 Å². The maximum absolute atomic E-state index is 14.4. The Morgan fingerprint density at radius 2 is 1.26 bits per heavy atom. The van der Waals surface area contributed by atoms with E-state index in [0.29, 0.717) is 12.0 Å². The lowest BCUT2D eigenvalue weighted by Gasteiger charge is -2.53. The molecule has 360 valence electrons. The van der Waals surface area contributed by atoms with Crippen LogP contribution in [0.3, 0.4) is 0 Å². The fraction of sp³-hybridized carbons (Fsp3) is 0.385. The third kappa shape index (κ3) is 8.61. The van der Waals surface area contributed by atoms with Crippen molar-refractivity contribution >= 4 is 52.3 Å². The molecule has 3 aliphatic carbocycles. The summed E-state index contributed by atoms with van der Waals surface area (Å²) < 4.78 is 16.5. The summed E-state index contributed by atoms with van der Waals surface area (Å²) in [6.07, 6.45) is 3.71. The summed E-state index contributed by atoms with van der Waals surface area (Å²) >= 11 is 0. The van der Waals surface area contributed by atoms with Crippen LogP contribution in [-0.4, -0.2) is 113 Å². The molecule has 0 aromatic heterocycles. The van der Waals surface area contributed by atoms with Crippen LogP contribution in [0.15, 0.2) is 102 Å². The van der Waals surface area contributed by atoms with Crippen molar-refractivity contribution in [1.29, 1.82) is 0 Å².